The lowest BCUT2D eigenvalue weighted by molar-refractivity contribution is -0.113. The normalized spacial score (nSPS) is 10.7. The number of nitrogens with two attached hydrogens (primary N) is 1. The predicted octanol–water partition coefficient (Wildman–Crippen LogP) is 2.59. The zero-order valence-corrected chi connectivity index (χ0v) is 14.3. The van der Waals surface area contributed by atoms with Gasteiger partial charge in [-0.2, -0.15) is 0 Å². The van der Waals surface area contributed by atoms with Gasteiger partial charge < -0.3 is 11.2 Å². The largest absolute Gasteiger partial charge is 0.336 e. The molecule has 0 aliphatic carbocycles. The Morgan fingerprint density at radius 3 is 2.58 bits per heavy atom. The summed E-state index contributed by atoms with van der Waals surface area (Å²) in [6.45, 7) is 0. The number of benzene rings is 2. The summed E-state index contributed by atoms with van der Waals surface area (Å²) in [5.41, 5.74) is 0.948. The number of thioether (sulfide) groups is 1. The first-order valence-electron chi connectivity index (χ1n) is 7.64. The third-order valence-electron chi connectivity index (χ3n) is 3.50. The van der Waals surface area contributed by atoms with E-state index in [9.17, 15) is 13.6 Å². The SMILES string of the molecule is Nn1c(Cc2ccccc2F)nnc1SCC(=O)Nc1ccc(F)cc1. The number of amides is 1. The molecule has 0 saturated carbocycles. The maximum absolute atomic E-state index is 13.7. The molecule has 0 saturated heterocycles. The second-order valence-electron chi connectivity index (χ2n) is 5.38. The Morgan fingerprint density at radius 1 is 1.12 bits per heavy atom. The van der Waals surface area contributed by atoms with E-state index in [1.54, 1.807) is 18.2 Å². The summed E-state index contributed by atoms with van der Waals surface area (Å²) in [7, 11) is 0. The number of nitrogen functional groups attached to an aromatic ring is 1. The molecule has 6 nitrogen and oxygen atoms in total. The minimum Gasteiger partial charge on any atom is -0.336 e. The van der Waals surface area contributed by atoms with E-state index >= 15 is 0 Å². The Bertz CT molecular complexity index is 914. The molecule has 0 aliphatic rings. The molecule has 3 rings (SSSR count). The van der Waals surface area contributed by atoms with Crippen LogP contribution in [0.5, 0.6) is 0 Å². The molecule has 0 fully saturated rings. The molecule has 2 aromatic carbocycles. The fourth-order valence-corrected chi connectivity index (χ4v) is 2.87. The molecule has 3 aromatic rings. The highest BCUT2D eigenvalue weighted by atomic mass is 32.2. The average Bonchev–Trinajstić information content (AvgIpc) is 2.97. The van der Waals surface area contributed by atoms with Gasteiger partial charge in [-0.1, -0.05) is 30.0 Å². The van der Waals surface area contributed by atoms with Gasteiger partial charge in [-0.05, 0) is 35.9 Å². The second-order valence-corrected chi connectivity index (χ2v) is 6.32. The molecular formula is C17H15F2N5OS. The first-order chi connectivity index (χ1) is 12.5. The van der Waals surface area contributed by atoms with Crippen molar-refractivity contribution in [1.82, 2.24) is 14.9 Å². The number of hydrogen-bond donors (Lipinski definition) is 2. The molecule has 26 heavy (non-hydrogen) atoms. The zero-order chi connectivity index (χ0) is 18.5. The Kier molecular flexibility index (Phi) is 5.47. The van der Waals surface area contributed by atoms with Crippen LogP contribution in [0.4, 0.5) is 14.5 Å². The van der Waals surface area contributed by atoms with Gasteiger partial charge in [0.2, 0.25) is 11.1 Å². The van der Waals surface area contributed by atoms with Crippen LogP contribution in [0.1, 0.15) is 11.4 Å². The standard InChI is InChI=1S/C17H15F2N5OS/c18-12-5-7-13(8-6-12)21-16(25)10-26-17-23-22-15(24(17)20)9-11-3-1-2-4-14(11)19/h1-8H,9-10,20H2,(H,21,25). The number of halogens is 2. The van der Waals surface area contributed by atoms with Crippen LogP contribution in [0, 0.1) is 11.6 Å². The topological polar surface area (TPSA) is 85.8 Å². The molecule has 9 heteroatoms. The molecule has 3 N–H and O–H groups in total. The van der Waals surface area contributed by atoms with Crippen molar-refractivity contribution in [3.63, 3.8) is 0 Å². The van der Waals surface area contributed by atoms with E-state index < -0.39 is 0 Å². The van der Waals surface area contributed by atoms with Crippen LogP contribution < -0.4 is 11.2 Å². The highest BCUT2D eigenvalue weighted by Gasteiger charge is 2.14. The molecule has 0 bridgehead atoms. The molecule has 0 aliphatic heterocycles. The van der Waals surface area contributed by atoms with Crippen LogP contribution >= 0.6 is 11.8 Å². The summed E-state index contributed by atoms with van der Waals surface area (Å²) in [6, 6.07) is 11.8. The Morgan fingerprint density at radius 2 is 1.85 bits per heavy atom. The Labute approximate surface area is 152 Å². The number of nitrogens with zero attached hydrogens (tertiary/aromatic N) is 3. The Balaban J connectivity index is 1.59. The lowest BCUT2D eigenvalue weighted by Gasteiger charge is -2.06. The first-order valence-corrected chi connectivity index (χ1v) is 8.62. The van der Waals surface area contributed by atoms with Crippen molar-refractivity contribution in [1.29, 1.82) is 0 Å². The van der Waals surface area contributed by atoms with E-state index in [0.717, 1.165) is 11.8 Å². The smallest absolute Gasteiger partial charge is 0.234 e. The molecule has 1 aromatic heterocycles. The van der Waals surface area contributed by atoms with Crippen LogP contribution in [-0.2, 0) is 11.2 Å². The molecule has 1 amide bonds. The number of carbonyl (C=O) groups excluding carboxylic acids is 1. The van der Waals surface area contributed by atoms with E-state index in [1.807, 2.05) is 0 Å². The van der Waals surface area contributed by atoms with E-state index in [-0.39, 0.29) is 29.7 Å². The average molecular weight is 375 g/mol. The number of anilines is 1. The summed E-state index contributed by atoms with van der Waals surface area (Å²) in [5.74, 6) is 5.35. The van der Waals surface area contributed by atoms with Gasteiger partial charge in [-0.15, -0.1) is 10.2 Å². The van der Waals surface area contributed by atoms with Gasteiger partial charge in [0.15, 0.2) is 5.82 Å². The molecule has 0 spiro atoms. The molecule has 134 valence electrons. The highest BCUT2D eigenvalue weighted by molar-refractivity contribution is 7.99. The van der Waals surface area contributed by atoms with Crippen molar-refractivity contribution in [3.05, 3.63) is 71.6 Å². The molecule has 0 unspecified atom stereocenters. The summed E-state index contributed by atoms with van der Waals surface area (Å²) < 4.78 is 27.8. The number of rotatable bonds is 6. The summed E-state index contributed by atoms with van der Waals surface area (Å²) >= 11 is 1.10. The third kappa shape index (κ3) is 4.37. The second kappa shape index (κ2) is 7.96. The fourth-order valence-electron chi connectivity index (χ4n) is 2.20. The lowest BCUT2D eigenvalue weighted by Crippen LogP contribution is -2.17. The first kappa shape index (κ1) is 17.9. The van der Waals surface area contributed by atoms with E-state index in [0.29, 0.717) is 22.2 Å². The van der Waals surface area contributed by atoms with Crippen LogP contribution in [0.25, 0.3) is 0 Å². The van der Waals surface area contributed by atoms with Crippen LogP contribution in [0.3, 0.4) is 0 Å². The Hall–Kier alpha value is -2.94. The number of carbonyl (C=O) groups is 1. The van der Waals surface area contributed by atoms with Gasteiger partial charge in [-0.3, -0.25) is 4.79 Å². The lowest BCUT2D eigenvalue weighted by atomic mass is 10.1. The van der Waals surface area contributed by atoms with Crippen molar-refractivity contribution in [3.8, 4) is 0 Å². The van der Waals surface area contributed by atoms with Crippen molar-refractivity contribution in [2.45, 2.75) is 11.6 Å². The van der Waals surface area contributed by atoms with Crippen molar-refractivity contribution in [2.75, 3.05) is 16.9 Å². The van der Waals surface area contributed by atoms with Gasteiger partial charge >= 0.3 is 0 Å². The third-order valence-corrected chi connectivity index (χ3v) is 4.44. The zero-order valence-electron chi connectivity index (χ0n) is 13.5. The van der Waals surface area contributed by atoms with Gasteiger partial charge in [0.05, 0.1) is 5.75 Å². The monoisotopic (exact) mass is 375 g/mol. The molecule has 0 radical (unpaired) electrons. The molecule has 1 heterocycles. The van der Waals surface area contributed by atoms with E-state index in [4.69, 9.17) is 5.84 Å². The maximum atomic E-state index is 13.7. The minimum atomic E-state index is -0.379. The highest BCUT2D eigenvalue weighted by Crippen LogP contribution is 2.18. The van der Waals surface area contributed by atoms with Gasteiger partial charge in [0.1, 0.15) is 11.6 Å². The van der Waals surface area contributed by atoms with Crippen molar-refractivity contribution in [2.24, 2.45) is 0 Å². The van der Waals surface area contributed by atoms with Gasteiger partial charge in [-0.25, -0.2) is 13.5 Å². The summed E-state index contributed by atoms with van der Waals surface area (Å²) in [6.07, 6.45) is 0.193. The minimum absolute atomic E-state index is 0.0480. The van der Waals surface area contributed by atoms with Gasteiger partial charge in [0, 0.05) is 12.1 Å². The fraction of sp³-hybridized carbons (Fsp3) is 0.118. The van der Waals surface area contributed by atoms with Crippen LogP contribution in [0.2, 0.25) is 0 Å². The molecule has 0 atom stereocenters. The predicted molar refractivity (Wildman–Crippen MR) is 95.1 cm³/mol. The molecular weight excluding hydrogens is 360 g/mol. The maximum Gasteiger partial charge on any atom is 0.234 e. The van der Waals surface area contributed by atoms with Crippen molar-refractivity contribution >= 4 is 23.4 Å². The number of aromatic nitrogens is 3. The van der Waals surface area contributed by atoms with E-state index in [2.05, 4.69) is 15.5 Å². The van der Waals surface area contributed by atoms with Crippen LogP contribution in [-0.4, -0.2) is 26.5 Å². The number of nitrogens with one attached hydrogen (secondary N) is 1. The van der Waals surface area contributed by atoms with Crippen molar-refractivity contribution < 1.29 is 13.6 Å². The quantitative estimate of drug-likeness (QED) is 0.511. The summed E-state index contributed by atoms with van der Waals surface area (Å²) in [5, 5.41) is 10.9. The van der Waals surface area contributed by atoms with Gasteiger partial charge in [0.25, 0.3) is 0 Å². The number of hydrogen-bond acceptors (Lipinski definition) is 5. The van der Waals surface area contributed by atoms with E-state index in [1.165, 1.54) is 35.0 Å². The summed E-state index contributed by atoms with van der Waals surface area (Å²) in [4.78, 5) is 12.0. The van der Waals surface area contributed by atoms with Crippen LogP contribution in [0.15, 0.2) is 53.7 Å².